The van der Waals surface area contributed by atoms with Crippen molar-refractivity contribution in [2.75, 3.05) is 45.3 Å². The number of hydrogen-bond donors (Lipinski definition) is 2. The standard InChI is InChI=1S/C38H44N4O7/c1-39-34(43)18-22-47-35-12-6-8-20-42(35)27-14-16-31-33(24-27)49-32-23-26(41-19-7-5-9-25(41)17-21-48-38(46)40-2)13-15-30(32)36(31)28-10-3-4-11-29(28)37(44)45/h3-4,10-11,13-16,23-25,35H,5-9,12,17-22H2,1-2H3,(H2-,39,40,43,44,45,46). The first-order valence-electron chi connectivity index (χ1n) is 17.2. The zero-order valence-electron chi connectivity index (χ0n) is 28.2. The predicted octanol–water partition coefficient (Wildman–Crippen LogP) is 4.11. The summed E-state index contributed by atoms with van der Waals surface area (Å²) in [6.45, 7) is 2.31. The smallest absolute Gasteiger partial charge is 0.406 e. The van der Waals surface area contributed by atoms with E-state index in [1.165, 1.54) is 0 Å². The second-order valence-electron chi connectivity index (χ2n) is 12.6. The topological polar surface area (TPSA) is 136 Å². The van der Waals surface area contributed by atoms with Crippen LogP contribution in [0.2, 0.25) is 0 Å². The van der Waals surface area contributed by atoms with Crippen molar-refractivity contribution >= 4 is 34.6 Å². The molecule has 2 unspecified atom stereocenters. The number of nitrogens with one attached hydrogen (secondary N) is 2. The molecular weight excluding hydrogens is 624 g/mol. The highest BCUT2D eigenvalue weighted by molar-refractivity contribution is 6.07. The fourth-order valence-corrected chi connectivity index (χ4v) is 7.18. The second kappa shape index (κ2) is 15.5. The Balaban J connectivity index is 1.47. The maximum atomic E-state index is 12.3. The normalized spacial score (nSPS) is 19.1. The molecule has 2 saturated heterocycles. The molecule has 3 aliphatic heterocycles. The molecule has 11 nitrogen and oxygen atoms in total. The molecule has 11 heteroatoms. The molecule has 6 rings (SSSR count). The van der Waals surface area contributed by atoms with Crippen LogP contribution in [0.25, 0.3) is 33.4 Å². The quantitative estimate of drug-likeness (QED) is 0.191. The number of benzene rings is 3. The van der Waals surface area contributed by atoms with Crippen molar-refractivity contribution in [3.63, 3.8) is 0 Å². The highest BCUT2D eigenvalue weighted by atomic mass is 16.5. The summed E-state index contributed by atoms with van der Waals surface area (Å²) in [6.07, 6.45) is 6.42. The van der Waals surface area contributed by atoms with E-state index in [1.54, 1.807) is 26.2 Å². The number of nitrogens with zero attached hydrogens (tertiary/aromatic N) is 2. The minimum absolute atomic E-state index is 0.0596. The van der Waals surface area contributed by atoms with Gasteiger partial charge in [-0.15, -0.1) is 0 Å². The van der Waals surface area contributed by atoms with Crippen LogP contribution in [0.3, 0.4) is 0 Å². The molecule has 0 bridgehead atoms. The predicted molar refractivity (Wildman–Crippen MR) is 185 cm³/mol. The molecule has 49 heavy (non-hydrogen) atoms. The van der Waals surface area contributed by atoms with Crippen molar-refractivity contribution in [2.24, 2.45) is 0 Å². The lowest BCUT2D eigenvalue weighted by Crippen LogP contribution is -2.44. The number of ether oxygens (including phenoxy) is 2. The average Bonchev–Trinajstić information content (AvgIpc) is 3.13. The van der Waals surface area contributed by atoms with Gasteiger partial charge in [-0.25, -0.2) is 9.37 Å². The second-order valence-corrected chi connectivity index (χ2v) is 12.6. The number of carboxylic acid groups (broad SMARTS) is 1. The highest BCUT2D eigenvalue weighted by Gasteiger charge is 2.29. The van der Waals surface area contributed by atoms with E-state index < -0.39 is 12.1 Å². The summed E-state index contributed by atoms with van der Waals surface area (Å²) in [5, 5.41) is 19.2. The van der Waals surface area contributed by atoms with Gasteiger partial charge >= 0.3 is 6.09 Å². The molecule has 2 amide bonds. The number of alkyl carbamates (subject to hydrolysis) is 1. The molecule has 2 atom stereocenters. The van der Waals surface area contributed by atoms with Gasteiger partial charge in [0, 0.05) is 85.8 Å². The Kier molecular flexibility index (Phi) is 10.8. The van der Waals surface area contributed by atoms with E-state index in [-0.39, 0.29) is 23.7 Å². The number of carbonyl (C=O) groups is 3. The van der Waals surface area contributed by atoms with Gasteiger partial charge in [0.15, 0.2) is 0 Å². The number of anilines is 1. The van der Waals surface area contributed by atoms with Crippen LogP contribution < -0.4 is 30.6 Å². The number of hydrogen-bond acceptors (Lipinski definition) is 8. The molecule has 0 saturated carbocycles. The Morgan fingerprint density at radius 2 is 1.78 bits per heavy atom. The molecule has 3 heterocycles. The Hall–Kier alpha value is -4.90. The first-order valence-corrected chi connectivity index (χ1v) is 17.2. The SMILES string of the molecule is CNC(=O)CCOC1CCCC[N+]1=c1ccc2c(-c3ccccc3C(=O)[O-])c3ccc(N4CCCCC4CCOC(=O)NC)cc3oc-2c1. The monoisotopic (exact) mass is 668 g/mol. The molecular formula is C38H44N4O7. The molecule has 2 aromatic rings. The molecule has 0 aromatic heterocycles. The lowest BCUT2D eigenvalue weighted by atomic mass is 9.90. The Bertz CT molecular complexity index is 1870. The van der Waals surface area contributed by atoms with E-state index in [0.717, 1.165) is 79.2 Å². The van der Waals surface area contributed by atoms with Gasteiger partial charge in [-0.1, -0.05) is 24.3 Å². The Morgan fingerprint density at radius 3 is 2.59 bits per heavy atom. The maximum absolute atomic E-state index is 12.3. The molecule has 0 spiro atoms. The summed E-state index contributed by atoms with van der Waals surface area (Å²) in [4.78, 5) is 38.2. The van der Waals surface area contributed by atoms with Crippen LogP contribution >= 0.6 is 0 Å². The largest absolute Gasteiger partial charge is 0.545 e. The van der Waals surface area contributed by atoms with Gasteiger partial charge in [-0.3, -0.25) is 4.79 Å². The van der Waals surface area contributed by atoms with Crippen molar-refractivity contribution in [3.8, 4) is 22.5 Å². The van der Waals surface area contributed by atoms with Gasteiger partial charge in [0.1, 0.15) is 17.9 Å². The zero-order chi connectivity index (χ0) is 34.3. The minimum atomic E-state index is -1.24. The van der Waals surface area contributed by atoms with E-state index >= 15 is 0 Å². The summed E-state index contributed by atoms with van der Waals surface area (Å²) in [5.41, 5.74) is 3.85. The number of carbonyl (C=O) groups excluding carboxylic acids is 3. The summed E-state index contributed by atoms with van der Waals surface area (Å²) in [7, 11) is 3.17. The van der Waals surface area contributed by atoms with E-state index in [0.29, 0.717) is 43.0 Å². The van der Waals surface area contributed by atoms with Gasteiger partial charge in [-0.2, -0.15) is 0 Å². The van der Waals surface area contributed by atoms with E-state index in [9.17, 15) is 19.5 Å². The van der Waals surface area contributed by atoms with Crippen LogP contribution in [0.5, 0.6) is 0 Å². The highest BCUT2D eigenvalue weighted by Crippen LogP contribution is 2.42. The third kappa shape index (κ3) is 7.57. The van der Waals surface area contributed by atoms with Gasteiger partial charge in [0.25, 0.3) is 6.23 Å². The average molecular weight is 669 g/mol. The maximum Gasteiger partial charge on any atom is 0.406 e. The van der Waals surface area contributed by atoms with Crippen molar-refractivity contribution in [3.05, 3.63) is 71.6 Å². The third-order valence-electron chi connectivity index (χ3n) is 9.65. The number of carboxylic acids is 1. The number of fused-ring (bicyclic) bond motifs is 2. The van der Waals surface area contributed by atoms with Crippen molar-refractivity contribution in [1.82, 2.24) is 15.2 Å². The van der Waals surface area contributed by atoms with Crippen LogP contribution in [0.15, 0.2) is 65.1 Å². The number of amides is 2. The molecule has 0 radical (unpaired) electrons. The first kappa shape index (κ1) is 34.0. The molecule has 2 N–H and O–H groups in total. The van der Waals surface area contributed by atoms with Gasteiger partial charge in [-0.05, 0) is 49.4 Å². The fourth-order valence-electron chi connectivity index (χ4n) is 7.18. The molecule has 1 aliphatic carbocycles. The number of piperidine rings is 2. The summed E-state index contributed by atoms with van der Waals surface area (Å²) in [5.74, 6) is -0.684. The lowest BCUT2D eigenvalue weighted by Gasteiger charge is -2.37. The molecule has 2 fully saturated rings. The Labute approximate surface area is 285 Å². The van der Waals surface area contributed by atoms with Crippen LogP contribution in [0.4, 0.5) is 10.5 Å². The molecule has 2 aromatic carbocycles. The zero-order valence-corrected chi connectivity index (χ0v) is 28.2. The lowest BCUT2D eigenvalue weighted by molar-refractivity contribution is -0.254. The van der Waals surface area contributed by atoms with Crippen molar-refractivity contribution in [1.29, 1.82) is 0 Å². The molecule has 258 valence electrons. The summed E-state index contributed by atoms with van der Waals surface area (Å²) in [6, 6.07) is 19.3. The van der Waals surface area contributed by atoms with Gasteiger partial charge in [0.05, 0.1) is 31.7 Å². The van der Waals surface area contributed by atoms with Crippen LogP contribution in [0, 0.1) is 0 Å². The van der Waals surface area contributed by atoms with E-state index in [2.05, 4.69) is 26.2 Å². The fraction of sp³-hybridized carbons (Fsp3) is 0.421. The Morgan fingerprint density at radius 1 is 0.939 bits per heavy atom. The van der Waals surface area contributed by atoms with Crippen molar-refractivity contribution in [2.45, 2.75) is 63.6 Å². The van der Waals surface area contributed by atoms with Crippen molar-refractivity contribution < 1.29 is 33.4 Å². The van der Waals surface area contributed by atoms with Crippen LogP contribution in [-0.2, 0) is 14.3 Å². The number of aromatic carboxylic acids is 1. The molecule has 4 aliphatic rings. The van der Waals surface area contributed by atoms with Crippen LogP contribution in [0.1, 0.15) is 61.7 Å². The van der Waals surface area contributed by atoms with E-state index in [4.69, 9.17) is 13.9 Å². The summed E-state index contributed by atoms with van der Waals surface area (Å²) >= 11 is 0. The van der Waals surface area contributed by atoms with Crippen LogP contribution in [-0.4, -0.2) is 70.6 Å². The first-order chi connectivity index (χ1) is 23.9. The summed E-state index contributed by atoms with van der Waals surface area (Å²) < 4.78 is 20.5. The third-order valence-corrected chi connectivity index (χ3v) is 9.65. The van der Waals surface area contributed by atoms with E-state index in [1.807, 2.05) is 42.5 Å². The van der Waals surface area contributed by atoms with Gasteiger partial charge in [0.2, 0.25) is 11.3 Å². The number of rotatable bonds is 10. The minimum Gasteiger partial charge on any atom is -0.545 e. The van der Waals surface area contributed by atoms with Gasteiger partial charge < -0.3 is 39.3 Å².